The lowest BCUT2D eigenvalue weighted by Crippen LogP contribution is -2.22. The van der Waals surface area contributed by atoms with Gasteiger partial charge >= 0.3 is 0 Å². The van der Waals surface area contributed by atoms with Gasteiger partial charge in [-0.3, -0.25) is 9.59 Å². The number of carbonyl (C=O) groups excluding carboxylic acids is 2. The average Bonchev–Trinajstić information content (AvgIpc) is 2.53. The molecule has 2 aromatic rings. The summed E-state index contributed by atoms with van der Waals surface area (Å²) in [5.41, 5.74) is 1.73. The molecular formula is C17H15N3O3. The molecular weight excluding hydrogens is 294 g/mol. The van der Waals surface area contributed by atoms with Crippen LogP contribution < -0.4 is 10.6 Å². The van der Waals surface area contributed by atoms with Gasteiger partial charge in [0, 0.05) is 17.8 Å². The standard InChI is InChI=1S/C17H15N3O3/c18-8-7-16(22)20-14-5-1-3-12(9-14)11-19-17(23)13-4-2-6-15(21)10-13/h1-6,9-10,21H,7,11H2,(H,19,23)(H,20,22). The quantitative estimate of drug-likeness (QED) is 0.787. The summed E-state index contributed by atoms with van der Waals surface area (Å²) >= 11 is 0. The summed E-state index contributed by atoms with van der Waals surface area (Å²) in [6.07, 6.45) is -0.210. The average molecular weight is 309 g/mol. The number of hydrogen-bond acceptors (Lipinski definition) is 4. The highest BCUT2D eigenvalue weighted by molar-refractivity contribution is 5.94. The maximum absolute atomic E-state index is 12.0. The number of hydrogen-bond donors (Lipinski definition) is 3. The van der Waals surface area contributed by atoms with Crippen LogP contribution in [0.1, 0.15) is 22.3 Å². The van der Waals surface area contributed by atoms with Crippen molar-refractivity contribution in [2.45, 2.75) is 13.0 Å². The van der Waals surface area contributed by atoms with Crippen molar-refractivity contribution in [3.05, 3.63) is 59.7 Å². The lowest BCUT2D eigenvalue weighted by molar-refractivity contribution is -0.115. The van der Waals surface area contributed by atoms with Gasteiger partial charge in [-0.1, -0.05) is 18.2 Å². The summed E-state index contributed by atoms with van der Waals surface area (Å²) in [6, 6.07) is 14.8. The number of amides is 2. The van der Waals surface area contributed by atoms with Crippen molar-refractivity contribution in [3.8, 4) is 11.8 Å². The summed E-state index contributed by atoms with van der Waals surface area (Å²) in [6.45, 7) is 0.274. The molecule has 2 amide bonds. The topological polar surface area (TPSA) is 102 Å². The fraction of sp³-hybridized carbons (Fsp3) is 0.118. The molecule has 0 saturated heterocycles. The minimum atomic E-state index is -0.381. The van der Waals surface area contributed by atoms with Gasteiger partial charge in [0.05, 0.1) is 6.07 Å². The lowest BCUT2D eigenvalue weighted by Gasteiger charge is -2.08. The molecule has 0 saturated carbocycles. The SMILES string of the molecule is N#CCC(=O)Nc1cccc(CNC(=O)c2cccc(O)c2)c1. The Hall–Kier alpha value is -3.33. The van der Waals surface area contributed by atoms with Crippen LogP contribution in [0.4, 0.5) is 5.69 Å². The first kappa shape index (κ1) is 16.0. The second kappa shape index (κ2) is 7.61. The molecule has 0 heterocycles. The molecule has 0 radical (unpaired) electrons. The van der Waals surface area contributed by atoms with Crippen LogP contribution in [0.25, 0.3) is 0 Å². The minimum absolute atomic E-state index is 0.0276. The van der Waals surface area contributed by atoms with E-state index in [1.54, 1.807) is 36.4 Å². The van der Waals surface area contributed by atoms with Crippen LogP contribution >= 0.6 is 0 Å². The van der Waals surface area contributed by atoms with E-state index in [1.807, 2.05) is 6.07 Å². The Morgan fingerprint density at radius 1 is 1.13 bits per heavy atom. The number of nitrogens with zero attached hydrogens (tertiary/aromatic N) is 1. The fourth-order valence-electron chi connectivity index (χ4n) is 1.97. The van der Waals surface area contributed by atoms with Crippen molar-refractivity contribution in [3.63, 3.8) is 0 Å². The zero-order chi connectivity index (χ0) is 16.7. The van der Waals surface area contributed by atoms with Gasteiger partial charge in [-0.15, -0.1) is 0 Å². The monoisotopic (exact) mass is 309 g/mol. The molecule has 0 aliphatic rings. The Morgan fingerprint density at radius 3 is 2.65 bits per heavy atom. The fourth-order valence-corrected chi connectivity index (χ4v) is 1.97. The van der Waals surface area contributed by atoms with E-state index in [4.69, 9.17) is 5.26 Å². The maximum atomic E-state index is 12.0. The van der Waals surface area contributed by atoms with Crippen LogP contribution in [0, 0.1) is 11.3 Å². The third-order valence-electron chi connectivity index (χ3n) is 3.01. The Balaban J connectivity index is 1.97. The van der Waals surface area contributed by atoms with Crippen LogP contribution in [0.15, 0.2) is 48.5 Å². The molecule has 0 unspecified atom stereocenters. The van der Waals surface area contributed by atoms with E-state index in [2.05, 4.69) is 10.6 Å². The zero-order valence-corrected chi connectivity index (χ0v) is 12.2. The third kappa shape index (κ3) is 4.86. The second-order valence-corrected chi connectivity index (χ2v) is 4.82. The number of benzene rings is 2. The van der Waals surface area contributed by atoms with Crippen LogP contribution in [0.3, 0.4) is 0 Å². The number of aromatic hydroxyl groups is 1. The van der Waals surface area contributed by atoms with Crippen molar-refractivity contribution in [1.82, 2.24) is 5.32 Å². The van der Waals surface area contributed by atoms with Crippen molar-refractivity contribution in [2.24, 2.45) is 0 Å². The van der Waals surface area contributed by atoms with Crippen molar-refractivity contribution in [2.75, 3.05) is 5.32 Å². The molecule has 0 bridgehead atoms. The van der Waals surface area contributed by atoms with Crippen LogP contribution in [-0.4, -0.2) is 16.9 Å². The molecule has 2 rings (SSSR count). The normalized spacial score (nSPS) is 9.70. The summed E-state index contributed by atoms with van der Waals surface area (Å²) in [5.74, 6) is -0.659. The number of rotatable bonds is 5. The van der Waals surface area contributed by atoms with E-state index in [1.165, 1.54) is 12.1 Å². The van der Waals surface area contributed by atoms with E-state index >= 15 is 0 Å². The van der Waals surface area contributed by atoms with Gasteiger partial charge in [-0.05, 0) is 35.9 Å². The molecule has 0 fully saturated rings. The molecule has 0 aliphatic heterocycles. The molecule has 0 spiro atoms. The molecule has 116 valence electrons. The molecule has 6 heteroatoms. The highest BCUT2D eigenvalue weighted by Crippen LogP contribution is 2.13. The van der Waals surface area contributed by atoms with Crippen molar-refractivity contribution < 1.29 is 14.7 Å². The second-order valence-electron chi connectivity index (χ2n) is 4.82. The Bertz CT molecular complexity index is 766. The van der Waals surface area contributed by atoms with E-state index in [0.29, 0.717) is 11.3 Å². The number of phenolic OH excluding ortho intramolecular Hbond substituents is 1. The molecule has 23 heavy (non-hydrogen) atoms. The Labute approximate surface area is 133 Å². The van der Waals surface area contributed by atoms with Crippen LogP contribution in [-0.2, 0) is 11.3 Å². The van der Waals surface area contributed by atoms with E-state index in [0.717, 1.165) is 5.56 Å². The number of phenols is 1. The first-order valence-electron chi connectivity index (χ1n) is 6.91. The number of carbonyl (C=O) groups is 2. The van der Waals surface area contributed by atoms with Crippen molar-refractivity contribution >= 4 is 17.5 Å². The minimum Gasteiger partial charge on any atom is -0.508 e. The molecule has 3 N–H and O–H groups in total. The summed E-state index contributed by atoms with van der Waals surface area (Å²) in [7, 11) is 0. The third-order valence-corrected chi connectivity index (χ3v) is 3.01. The van der Waals surface area contributed by atoms with Gasteiger partial charge in [-0.2, -0.15) is 5.26 Å². The number of nitrogens with one attached hydrogen (secondary N) is 2. The van der Waals surface area contributed by atoms with Gasteiger partial charge in [0.25, 0.3) is 5.91 Å². The Morgan fingerprint density at radius 2 is 1.91 bits per heavy atom. The molecule has 0 aromatic heterocycles. The van der Waals surface area contributed by atoms with Crippen molar-refractivity contribution in [1.29, 1.82) is 5.26 Å². The molecule has 2 aromatic carbocycles. The zero-order valence-electron chi connectivity index (χ0n) is 12.2. The molecule has 0 aliphatic carbocycles. The first-order valence-corrected chi connectivity index (χ1v) is 6.91. The highest BCUT2D eigenvalue weighted by atomic mass is 16.3. The number of anilines is 1. The summed E-state index contributed by atoms with van der Waals surface area (Å²) < 4.78 is 0. The first-order chi connectivity index (χ1) is 11.1. The smallest absolute Gasteiger partial charge is 0.251 e. The van der Waals surface area contributed by atoms with Gasteiger partial charge in [0.15, 0.2) is 0 Å². The maximum Gasteiger partial charge on any atom is 0.251 e. The van der Waals surface area contributed by atoms with E-state index in [9.17, 15) is 14.7 Å². The van der Waals surface area contributed by atoms with E-state index in [-0.39, 0.29) is 30.5 Å². The largest absolute Gasteiger partial charge is 0.508 e. The predicted octanol–water partition coefficient (Wildman–Crippen LogP) is 2.17. The molecule has 0 atom stereocenters. The molecule has 6 nitrogen and oxygen atoms in total. The summed E-state index contributed by atoms with van der Waals surface area (Å²) in [5, 5.41) is 23.2. The summed E-state index contributed by atoms with van der Waals surface area (Å²) in [4.78, 5) is 23.4. The van der Waals surface area contributed by atoms with Gasteiger partial charge in [0.2, 0.25) is 5.91 Å². The van der Waals surface area contributed by atoms with Crippen LogP contribution in [0.2, 0.25) is 0 Å². The Kier molecular flexibility index (Phi) is 5.31. The van der Waals surface area contributed by atoms with Gasteiger partial charge in [-0.25, -0.2) is 0 Å². The number of nitriles is 1. The highest BCUT2D eigenvalue weighted by Gasteiger charge is 2.07. The van der Waals surface area contributed by atoms with E-state index < -0.39 is 0 Å². The lowest BCUT2D eigenvalue weighted by atomic mass is 10.1. The predicted molar refractivity (Wildman–Crippen MR) is 84.6 cm³/mol. The van der Waals surface area contributed by atoms with Gasteiger partial charge in [0.1, 0.15) is 12.2 Å². The van der Waals surface area contributed by atoms with Crippen LogP contribution in [0.5, 0.6) is 5.75 Å². The van der Waals surface area contributed by atoms with Gasteiger partial charge < -0.3 is 15.7 Å².